The molecule has 1 aliphatic heterocycles. The molecular formula is C12H15N. The molecule has 1 heteroatoms. The van der Waals surface area contributed by atoms with Gasteiger partial charge >= 0.3 is 0 Å². The van der Waals surface area contributed by atoms with E-state index >= 15 is 0 Å². The monoisotopic (exact) mass is 173 g/mol. The third-order valence-corrected chi connectivity index (χ3v) is 2.41. The zero-order chi connectivity index (χ0) is 9.26. The van der Waals surface area contributed by atoms with Gasteiger partial charge in [-0.2, -0.15) is 0 Å². The van der Waals surface area contributed by atoms with Gasteiger partial charge in [-0.1, -0.05) is 23.8 Å². The predicted molar refractivity (Wildman–Crippen MR) is 56.3 cm³/mol. The van der Waals surface area contributed by atoms with E-state index in [1.807, 2.05) is 0 Å². The van der Waals surface area contributed by atoms with Crippen molar-refractivity contribution in [1.82, 2.24) is 4.90 Å². The maximum absolute atomic E-state index is 2.30. The molecule has 0 unspecified atom stereocenters. The Morgan fingerprint density at radius 2 is 2.23 bits per heavy atom. The summed E-state index contributed by atoms with van der Waals surface area (Å²) >= 11 is 0. The van der Waals surface area contributed by atoms with Crippen LogP contribution in [-0.2, 0) is 0 Å². The minimum Gasteiger partial charge on any atom is -0.376 e. The first-order valence-corrected chi connectivity index (χ1v) is 4.69. The van der Waals surface area contributed by atoms with Crippen LogP contribution in [0.15, 0.2) is 47.2 Å². The molecule has 68 valence electrons. The smallest absolute Gasteiger partial charge is 0.0421 e. The van der Waals surface area contributed by atoms with Crippen LogP contribution in [0.5, 0.6) is 0 Å². The molecule has 0 radical (unpaired) electrons. The van der Waals surface area contributed by atoms with E-state index in [-0.39, 0.29) is 0 Å². The Morgan fingerprint density at radius 3 is 2.77 bits per heavy atom. The van der Waals surface area contributed by atoms with E-state index in [2.05, 4.69) is 49.4 Å². The maximum atomic E-state index is 2.30. The third kappa shape index (κ3) is 1.92. The van der Waals surface area contributed by atoms with E-state index < -0.39 is 0 Å². The van der Waals surface area contributed by atoms with E-state index in [9.17, 15) is 0 Å². The van der Waals surface area contributed by atoms with Gasteiger partial charge in [-0.15, -0.1) is 0 Å². The number of likely N-dealkylation sites (N-methyl/N-ethyl adjacent to an activating group) is 1. The molecule has 0 aromatic heterocycles. The Morgan fingerprint density at radius 1 is 1.38 bits per heavy atom. The van der Waals surface area contributed by atoms with Crippen molar-refractivity contribution in [1.29, 1.82) is 0 Å². The predicted octanol–water partition coefficient (Wildman–Crippen LogP) is 2.65. The second kappa shape index (κ2) is 3.25. The second-order valence-electron chi connectivity index (χ2n) is 3.88. The average Bonchev–Trinajstić information content (AvgIpc) is 2.62. The van der Waals surface area contributed by atoms with Crippen LogP contribution < -0.4 is 0 Å². The summed E-state index contributed by atoms with van der Waals surface area (Å²) in [5, 5.41) is 0. The molecule has 2 rings (SSSR count). The lowest BCUT2D eigenvalue weighted by molar-refractivity contribution is 0.523. The van der Waals surface area contributed by atoms with Gasteiger partial charge in [-0.05, 0) is 36.8 Å². The summed E-state index contributed by atoms with van der Waals surface area (Å²) < 4.78 is 0. The molecule has 0 atom stereocenters. The lowest BCUT2D eigenvalue weighted by atomic mass is 10.1. The Balaban J connectivity index is 2.03. The minimum absolute atomic E-state index is 1.05. The molecule has 0 amide bonds. The Hall–Kier alpha value is -1.24. The van der Waals surface area contributed by atoms with Crippen LogP contribution in [0.25, 0.3) is 0 Å². The molecule has 1 nitrogen and oxygen atoms in total. The summed E-state index contributed by atoms with van der Waals surface area (Å²) in [5.74, 6) is 0. The van der Waals surface area contributed by atoms with Gasteiger partial charge < -0.3 is 4.90 Å². The van der Waals surface area contributed by atoms with E-state index in [0.29, 0.717) is 0 Å². The van der Waals surface area contributed by atoms with Crippen LogP contribution in [0.1, 0.15) is 13.3 Å². The largest absolute Gasteiger partial charge is 0.376 e. The molecule has 13 heavy (non-hydrogen) atoms. The van der Waals surface area contributed by atoms with E-state index in [1.54, 1.807) is 0 Å². The third-order valence-electron chi connectivity index (χ3n) is 2.41. The van der Waals surface area contributed by atoms with Crippen molar-refractivity contribution in [2.75, 3.05) is 13.6 Å². The molecule has 0 saturated carbocycles. The van der Waals surface area contributed by atoms with Crippen molar-refractivity contribution >= 4 is 0 Å². The quantitative estimate of drug-likeness (QED) is 0.589. The number of allylic oxidation sites excluding steroid dienone is 5. The van der Waals surface area contributed by atoms with Crippen LogP contribution in [-0.4, -0.2) is 18.5 Å². The number of nitrogens with zero attached hydrogens (tertiary/aromatic N) is 1. The fraction of sp³-hybridized carbons (Fsp3) is 0.333. The van der Waals surface area contributed by atoms with Crippen molar-refractivity contribution in [3.05, 3.63) is 47.2 Å². The van der Waals surface area contributed by atoms with E-state index in [0.717, 1.165) is 13.0 Å². The highest BCUT2D eigenvalue weighted by Gasteiger charge is 2.07. The van der Waals surface area contributed by atoms with Gasteiger partial charge in [0.15, 0.2) is 0 Å². The Kier molecular flexibility index (Phi) is 2.09. The maximum Gasteiger partial charge on any atom is 0.0421 e. The van der Waals surface area contributed by atoms with Gasteiger partial charge in [0.1, 0.15) is 0 Å². The summed E-state index contributed by atoms with van der Waals surface area (Å²) in [6.45, 7) is 3.23. The number of hydrogen-bond acceptors (Lipinski definition) is 1. The number of rotatable bonds is 1. The first kappa shape index (κ1) is 8.36. The minimum atomic E-state index is 1.05. The van der Waals surface area contributed by atoms with Gasteiger partial charge in [-0.25, -0.2) is 0 Å². The molecule has 0 aromatic rings. The fourth-order valence-corrected chi connectivity index (χ4v) is 1.74. The molecule has 0 spiro atoms. The van der Waals surface area contributed by atoms with Gasteiger partial charge in [-0.3, -0.25) is 0 Å². The highest BCUT2D eigenvalue weighted by molar-refractivity contribution is 5.41. The first-order chi connectivity index (χ1) is 6.24. The highest BCUT2D eigenvalue weighted by atomic mass is 15.1. The van der Waals surface area contributed by atoms with Crippen molar-refractivity contribution in [3.8, 4) is 0 Å². The molecule has 0 bridgehead atoms. The SMILES string of the molecule is CC1=CC=C(C=C2C=CN(C)C2)C1. The zero-order valence-corrected chi connectivity index (χ0v) is 8.25. The van der Waals surface area contributed by atoms with Crippen molar-refractivity contribution in [2.24, 2.45) is 0 Å². The van der Waals surface area contributed by atoms with Crippen LogP contribution in [0.2, 0.25) is 0 Å². The topological polar surface area (TPSA) is 3.24 Å². The summed E-state index contributed by atoms with van der Waals surface area (Å²) in [4.78, 5) is 2.20. The van der Waals surface area contributed by atoms with E-state index in [1.165, 1.54) is 16.7 Å². The molecule has 0 N–H and O–H groups in total. The standard InChI is InChI=1S/C12H15N/c1-10-3-4-11(7-10)8-12-5-6-13(2)9-12/h3-6,8H,7,9H2,1-2H3. The normalized spacial score (nSPS) is 24.2. The van der Waals surface area contributed by atoms with Gasteiger partial charge in [0.2, 0.25) is 0 Å². The second-order valence-corrected chi connectivity index (χ2v) is 3.88. The fourth-order valence-electron chi connectivity index (χ4n) is 1.74. The van der Waals surface area contributed by atoms with Gasteiger partial charge in [0.25, 0.3) is 0 Å². The Bertz CT molecular complexity index is 329. The summed E-state index contributed by atoms with van der Waals surface area (Å²) in [6.07, 6.45) is 12.2. The van der Waals surface area contributed by atoms with Crippen molar-refractivity contribution < 1.29 is 0 Å². The van der Waals surface area contributed by atoms with Gasteiger partial charge in [0.05, 0.1) is 0 Å². The average molecular weight is 173 g/mol. The summed E-state index contributed by atoms with van der Waals surface area (Å²) in [5.41, 5.74) is 4.31. The summed E-state index contributed by atoms with van der Waals surface area (Å²) in [7, 11) is 2.10. The zero-order valence-electron chi connectivity index (χ0n) is 8.25. The van der Waals surface area contributed by atoms with Gasteiger partial charge in [0, 0.05) is 13.6 Å². The molecule has 0 aromatic carbocycles. The van der Waals surface area contributed by atoms with Crippen LogP contribution in [0.3, 0.4) is 0 Å². The Labute approximate surface area is 79.7 Å². The van der Waals surface area contributed by atoms with Crippen LogP contribution >= 0.6 is 0 Å². The van der Waals surface area contributed by atoms with Crippen LogP contribution in [0.4, 0.5) is 0 Å². The lowest BCUT2D eigenvalue weighted by Gasteiger charge is -2.05. The molecule has 1 heterocycles. The molecule has 1 aliphatic carbocycles. The molecule has 0 fully saturated rings. The van der Waals surface area contributed by atoms with Crippen LogP contribution in [0, 0.1) is 0 Å². The molecular weight excluding hydrogens is 158 g/mol. The number of hydrogen-bond donors (Lipinski definition) is 0. The first-order valence-electron chi connectivity index (χ1n) is 4.69. The van der Waals surface area contributed by atoms with Crippen molar-refractivity contribution in [2.45, 2.75) is 13.3 Å². The lowest BCUT2D eigenvalue weighted by Crippen LogP contribution is -2.06. The summed E-state index contributed by atoms with van der Waals surface area (Å²) in [6, 6.07) is 0. The van der Waals surface area contributed by atoms with E-state index in [4.69, 9.17) is 0 Å². The van der Waals surface area contributed by atoms with Crippen molar-refractivity contribution in [3.63, 3.8) is 0 Å². The molecule has 2 aliphatic rings. The molecule has 0 saturated heterocycles. The highest BCUT2D eigenvalue weighted by Crippen LogP contribution is 2.22.